The van der Waals surface area contributed by atoms with Crippen molar-refractivity contribution in [1.29, 1.82) is 0 Å². The topological polar surface area (TPSA) is 41.5 Å². The lowest BCUT2D eigenvalue weighted by molar-refractivity contribution is 0.127. The van der Waals surface area contributed by atoms with Gasteiger partial charge in [-0.2, -0.15) is 0 Å². The standard InChI is InChI=1S/C10H23NO2/c1-3-4-7-13-8-5-6-11-9-10(2)12/h10-12H,3-9H2,1-2H3. The predicted octanol–water partition coefficient (Wildman–Crippen LogP) is 1.16. The van der Waals surface area contributed by atoms with E-state index in [-0.39, 0.29) is 6.10 Å². The Labute approximate surface area is 81.5 Å². The molecule has 0 radical (unpaired) electrons. The summed E-state index contributed by atoms with van der Waals surface area (Å²) in [6, 6.07) is 0. The van der Waals surface area contributed by atoms with Crippen molar-refractivity contribution in [3.05, 3.63) is 0 Å². The summed E-state index contributed by atoms with van der Waals surface area (Å²) in [5.74, 6) is 0. The molecular weight excluding hydrogens is 166 g/mol. The maximum atomic E-state index is 8.93. The number of rotatable bonds is 9. The number of aliphatic hydroxyl groups excluding tert-OH is 1. The first-order chi connectivity index (χ1) is 6.27. The second-order valence-corrected chi connectivity index (χ2v) is 3.37. The molecule has 0 aliphatic carbocycles. The predicted molar refractivity (Wildman–Crippen MR) is 54.9 cm³/mol. The van der Waals surface area contributed by atoms with Crippen LogP contribution < -0.4 is 5.32 Å². The van der Waals surface area contributed by atoms with Crippen molar-refractivity contribution in [2.24, 2.45) is 0 Å². The molecule has 0 amide bonds. The van der Waals surface area contributed by atoms with Crippen molar-refractivity contribution >= 4 is 0 Å². The van der Waals surface area contributed by atoms with Crippen molar-refractivity contribution in [1.82, 2.24) is 5.32 Å². The molecule has 0 aliphatic heterocycles. The zero-order chi connectivity index (χ0) is 9.94. The van der Waals surface area contributed by atoms with E-state index in [1.54, 1.807) is 6.92 Å². The Balaban J connectivity index is 2.84. The Morgan fingerprint density at radius 2 is 2.00 bits per heavy atom. The molecule has 0 aromatic heterocycles. The Morgan fingerprint density at radius 3 is 2.62 bits per heavy atom. The second-order valence-electron chi connectivity index (χ2n) is 3.37. The summed E-state index contributed by atoms with van der Waals surface area (Å²) in [6.45, 7) is 7.25. The minimum Gasteiger partial charge on any atom is -0.392 e. The van der Waals surface area contributed by atoms with Crippen molar-refractivity contribution in [3.8, 4) is 0 Å². The Hall–Kier alpha value is -0.120. The summed E-state index contributed by atoms with van der Waals surface area (Å²) < 4.78 is 5.38. The number of hydrogen-bond donors (Lipinski definition) is 2. The third-order valence-electron chi connectivity index (χ3n) is 1.72. The second kappa shape index (κ2) is 9.96. The molecule has 0 rings (SSSR count). The van der Waals surface area contributed by atoms with Crippen LogP contribution in [0.5, 0.6) is 0 Å². The van der Waals surface area contributed by atoms with Crippen LogP contribution in [0.3, 0.4) is 0 Å². The van der Waals surface area contributed by atoms with E-state index in [1.165, 1.54) is 6.42 Å². The first-order valence-corrected chi connectivity index (χ1v) is 5.24. The molecule has 0 bridgehead atoms. The summed E-state index contributed by atoms with van der Waals surface area (Å²) in [7, 11) is 0. The molecule has 0 spiro atoms. The molecule has 0 aromatic rings. The van der Waals surface area contributed by atoms with Crippen LogP contribution in [0.4, 0.5) is 0 Å². The van der Waals surface area contributed by atoms with E-state index in [9.17, 15) is 0 Å². The number of nitrogens with one attached hydrogen (secondary N) is 1. The van der Waals surface area contributed by atoms with E-state index in [4.69, 9.17) is 9.84 Å². The van der Waals surface area contributed by atoms with Gasteiger partial charge in [0.2, 0.25) is 0 Å². The van der Waals surface area contributed by atoms with Gasteiger partial charge in [-0.05, 0) is 26.3 Å². The smallest absolute Gasteiger partial charge is 0.0636 e. The van der Waals surface area contributed by atoms with Crippen molar-refractivity contribution in [3.63, 3.8) is 0 Å². The van der Waals surface area contributed by atoms with Crippen molar-refractivity contribution in [2.75, 3.05) is 26.3 Å². The molecule has 80 valence electrons. The zero-order valence-corrected chi connectivity index (χ0v) is 8.88. The third-order valence-corrected chi connectivity index (χ3v) is 1.72. The number of unbranched alkanes of at least 4 members (excludes halogenated alkanes) is 1. The average Bonchev–Trinajstić information content (AvgIpc) is 2.09. The molecule has 1 unspecified atom stereocenters. The third kappa shape index (κ3) is 11.9. The maximum absolute atomic E-state index is 8.93. The first-order valence-electron chi connectivity index (χ1n) is 5.24. The maximum Gasteiger partial charge on any atom is 0.0636 e. The van der Waals surface area contributed by atoms with Gasteiger partial charge in [-0.25, -0.2) is 0 Å². The molecule has 0 saturated carbocycles. The minimum atomic E-state index is -0.249. The fourth-order valence-electron chi connectivity index (χ4n) is 0.959. The Bertz CT molecular complexity index is 96.9. The van der Waals surface area contributed by atoms with Gasteiger partial charge in [-0.1, -0.05) is 13.3 Å². The fourth-order valence-corrected chi connectivity index (χ4v) is 0.959. The monoisotopic (exact) mass is 189 g/mol. The van der Waals surface area contributed by atoms with Crippen LogP contribution in [0.1, 0.15) is 33.1 Å². The van der Waals surface area contributed by atoms with E-state index in [0.717, 1.165) is 32.6 Å². The largest absolute Gasteiger partial charge is 0.392 e. The number of ether oxygens (including phenoxy) is 1. The van der Waals surface area contributed by atoms with Crippen LogP contribution in [0.2, 0.25) is 0 Å². The zero-order valence-electron chi connectivity index (χ0n) is 8.88. The Morgan fingerprint density at radius 1 is 1.31 bits per heavy atom. The van der Waals surface area contributed by atoms with Gasteiger partial charge in [0.05, 0.1) is 6.10 Å². The molecule has 13 heavy (non-hydrogen) atoms. The average molecular weight is 189 g/mol. The molecule has 3 heteroatoms. The normalized spacial score (nSPS) is 13.2. The van der Waals surface area contributed by atoms with Gasteiger partial charge in [0.25, 0.3) is 0 Å². The number of hydrogen-bond acceptors (Lipinski definition) is 3. The van der Waals surface area contributed by atoms with Crippen LogP contribution in [0.25, 0.3) is 0 Å². The summed E-state index contributed by atoms with van der Waals surface area (Å²) in [6.07, 6.45) is 3.12. The molecule has 3 nitrogen and oxygen atoms in total. The van der Waals surface area contributed by atoms with E-state index in [1.807, 2.05) is 0 Å². The van der Waals surface area contributed by atoms with Crippen LogP contribution in [-0.2, 0) is 4.74 Å². The van der Waals surface area contributed by atoms with Crippen LogP contribution in [0, 0.1) is 0 Å². The van der Waals surface area contributed by atoms with Crippen LogP contribution in [0.15, 0.2) is 0 Å². The number of aliphatic hydroxyl groups is 1. The minimum absolute atomic E-state index is 0.249. The summed E-state index contributed by atoms with van der Waals surface area (Å²) in [5, 5.41) is 12.1. The van der Waals surface area contributed by atoms with Crippen molar-refractivity contribution < 1.29 is 9.84 Å². The fraction of sp³-hybridized carbons (Fsp3) is 1.00. The van der Waals surface area contributed by atoms with Gasteiger partial charge < -0.3 is 15.2 Å². The Kier molecular flexibility index (Phi) is 9.87. The van der Waals surface area contributed by atoms with Gasteiger partial charge in [0.15, 0.2) is 0 Å². The highest BCUT2D eigenvalue weighted by molar-refractivity contribution is 4.52. The highest BCUT2D eigenvalue weighted by atomic mass is 16.5. The molecule has 0 aliphatic rings. The lowest BCUT2D eigenvalue weighted by Gasteiger charge is -2.06. The highest BCUT2D eigenvalue weighted by Gasteiger charge is 1.93. The summed E-state index contributed by atoms with van der Waals surface area (Å²) >= 11 is 0. The molecule has 1 atom stereocenters. The summed E-state index contributed by atoms with van der Waals surface area (Å²) in [4.78, 5) is 0. The van der Waals surface area contributed by atoms with Crippen molar-refractivity contribution in [2.45, 2.75) is 39.2 Å². The molecule has 0 saturated heterocycles. The SMILES string of the molecule is CCCCOCCCNCC(C)O. The van der Waals surface area contributed by atoms with Gasteiger partial charge in [0, 0.05) is 19.8 Å². The van der Waals surface area contributed by atoms with Gasteiger partial charge in [0.1, 0.15) is 0 Å². The van der Waals surface area contributed by atoms with E-state index >= 15 is 0 Å². The molecule has 0 heterocycles. The lowest BCUT2D eigenvalue weighted by Crippen LogP contribution is -2.25. The van der Waals surface area contributed by atoms with Gasteiger partial charge in [-0.3, -0.25) is 0 Å². The lowest BCUT2D eigenvalue weighted by atomic mass is 10.3. The quantitative estimate of drug-likeness (QED) is 0.535. The molecular formula is C10H23NO2. The highest BCUT2D eigenvalue weighted by Crippen LogP contribution is 1.89. The summed E-state index contributed by atoms with van der Waals surface area (Å²) in [5.41, 5.74) is 0. The molecule has 2 N–H and O–H groups in total. The van der Waals surface area contributed by atoms with Crippen LogP contribution >= 0.6 is 0 Å². The van der Waals surface area contributed by atoms with Crippen LogP contribution in [-0.4, -0.2) is 37.5 Å². The first kappa shape index (κ1) is 12.9. The molecule has 0 aromatic carbocycles. The van der Waals surface area contributed by atoms with Gasteiger partial charge >= 0.3 is 0 Å². The van der Waals surface area contributed by atoms with E-state index in [0.29, 0.717) is 6.54 Å². The van der Waals surface area contributed by atoms with Gasteiger partial charge in [-0.15, -0.1) is 0 Å². The molecule has 0 fully saturated rings. The van der Waals surface area contributed by atoms with E-state index in [2.05, 4.69) is 12.2 Å². The van der Waals surface area contributed by atoms with E-state index < -0.39 is 0 Å².